The first-order valence-corrected chi connectivity index (χ1v) is 30.5. The van der Waals surface area contributed by atoms with Gasteiger partial charge < -0.3 is 9.13 Å². The van der Waals surface area contributed by atoms with Crippen LogP contribution in [0.15, 0.2) is 279 Å². The van der Waals surface area contributed by atoms with E-state index in [4.69, 9.17) is 0 Å². The number of benzene rings is 13. The molecule has 17 rings (SSSR count). The number of nitrogens with zero attached hydrogens (tertiary/aromatic N) is 4. The summed E-state index contributed by atoms with van der Waals surface area (Å²) < 4.78 is 9.36. The molecule has 0 unspecified atom stereocenters. The fraction of sp³-hybridized carbons (Fsp3) is 0. The minimum atomic E-state index is 0.408. The molecule has 6 heteroatoms. The van der Waals surface area contributed by atoms with E-state index in [-0.39, 0.29) is 0 Å². The van der Waals surface area contributed by atoms with E-state index in [1.807, 2.05) is 18.2 Å². The Morgan fingerprint density at radius 1 is 0.256 bits per heavy atom. The third-order valence-corrected chi connectivity index (χ3v) is 19.8. The molecule has 0 N–H and O–H groups in total. The van der Waals surface area contributed by atoms with Gasteiger partial charge in [-0.15, -0.1) is 22.7 Å². The zero-order chi connectivity index (χ0) is 57.0. The first-order chi connectivity index (χ1) is 42.6. The summed E-state index contributed by atoms with van der Waals surface area (Å²) in [6.45, 7) is 0. The van der Waals surface area contributed by atoms with Crippen LogP contribution in [0.4, 0.5) is 0 Å². The Bertz CT molecular complexity index is 5420. The first-order valence-electron chi connectivity index (χ1n) is 28.8. The van der Waals surface area contributed by atoms with E-state index in [0.717, 1.165) is 125 Å². The summed E-state index contributed by atoms with van der Waals surface area (Å²) >= 11 is 3.60. The second-order valence-electron chi connectivity index (χ2n) is 22.1. The number of fused-ring (bicyclic) bond motifs is 14. The van der Waals surface area contributed by atoms with E-state index < -0.39 is 0 Å². The summed E-state index contributed by atoms with van der Waals surface area (Å²) in [5.41, 5.74) is 17.9. The number of para-hydroxylation sites is 2. The van der Waals surface area contributed by atoms with Crippen LogP contribution in [0.3, 0.4) is 0 Å². The molecule has 13 aromatic carbocycles. The Labute approximate surface area is 503 Å². The van der Waals surface area contributed by atoms with E-state index >= 15 is 0 Å². The van der Waals surface area contributed by atoms with Gasteiger partial charge in [0.2, 0.25) is 0 Å². The molecule has 0 saturated carbocycles. The van der Waals surface area contributed by atoms with Crippen molar-refractivity contribution in [3.05, 3.63) is 290 Å². The third kappa shape index (κ3) is 7.58. The van der Waals surface area contributed by atoms with Gasteiger partial charge in [0.1, 0.15) is 12.1 Å². The SMILES string of the molecule is N#Cc1c(-c2ccccc2)c(C#N)c(-n2c3c(ccc4c5cc(-c6ccccc6)ccc5sc43)c3ccc4c5cc(-c6ccccc6)ccc5sc4c32)c(-c2cc(-c3ccccc3)cc(-c3ccccc3)c2)c1-n1c2ccccc2c2ccccc21. The van der Waals surface area contributed by atoms with Crippen molar-refractivity contribution < 1.29 is 0 Å². The average molecular weight is 1130 g/mol. The second-order valence-corrected chi connectivity index (χ2v) is 24.2. The second kappa shape index (κ2) is 19.8. The minimum absolute atomic E-state index is 0.408. The van der Waals surface area contributed by atoms with Crippen LogP contribution in [-0.2, 0) is 0 Å². The summed E-state index contributed by atoms with van der Waals surface area (Å²) in [6.07, 6.45) is 0. The number of hydrogen-bond acceptors (Lipinski definition) is 4. The molecule has 0 aliphatic heterocycles. The van der Waals surface area contributed by atoms with Crippen LogP contribution in [0.1, 0.15) is 11.1 Å². The first kappa shape index (κ1) is 49.5. The van der Waals surface area contributed by atoms with Crippen molar-refractivity contribution in [1.29, 1.82) is 10.5 Å². The molecular weight excluding hydrogens is 1080 g/mol. The molecule has 0 bridgehead atoms. The van der Waals surface area contributed by atoms with Crippen molar-refractivity contribution in [2.24, 2.45) is 0 Å². The quantitative estimate of drug-likeness (QED) is 0.152. The van der Waals surface area contributed by atoms with Crippen molar-refractivity contribution in [3.8, 4) is 90.3 Å². The maximum Gasteiger partial charge on any atom is 0.102 e. The highest BCUT2D eigenvalue weighted by atomic mass is 32.1. The highest BCUT2D eigenvalue weighted by Crippen LogP contribution is 2.54. The molecule has 0 radical (unpaired) electrons. The molecule has 17 aromatic rings. The van der Waals surface area contributed by atoms with Gasteiger partial charge in [0, 0.05) is 63.6 Å². The van der Waals surface area contributed by atoms with E-state index in [9.17, 15) is 10.5 Å². The number of hydrogen-bond donors (Lipinski definition) is 0. The topological polar surface area (TPSA) is 57.4 Å². The molecule has 0 amide bonds. The zero-order valence-corrected chi connectivity index (χ0v) is 47.8. The van der Waals surface area contributed by atoms with E-state index in [2.05, 4.69) is 282 Å². The summed E-state index contributed by atoms with van der Waals surface area (Å²) in [6, 6.07) is 105. The van der Waals surface area contributed by atoms with Crippen LogP contribution in [0, 0.1) is 22.7 Å². The molecule has 4 aromatic heterocycles. The normalized spacial score (nSPS) is 11.7. The van der Waals surface area contributed by atoms with Crippen molar-refractivity contribution in [1.82, 2.24) is 9.13 Å². The standard InChI is InChI=1S/C80H46N4S2/c81-47-67-73(53-28-14-5-15-29-53)68(48-82)76(74(75(67)83-69-32-18-16-30-59(69)60-31-17-19-33-70(60)83)58-43-56(51-24-10-3-11-25-51)42-57(44-58)52-26-12-4-13-27-52)84-77-61(36-38-63-65-45-54(49-20-6-1-7-21-49)34-40-71(65)85-79(63)77)62-37-39-64-66-46-55(50-22-8-2-9-23-50)35-41-72(66)86-80(64)78(62)84/h1-46H. The number of aromatic nitrogens is 2. The monoisotopic (exact) mass is 1130 g/mol. The van der Waals surface area contributed by atoms with Gasteiger partial charge in [0.15, 0.2) is 0 Å². The van der Waals surface area contributed by atoms with Gasteiger partial charge in [-0.05, 0) is 110 Å². The Morgan fingerprint density at radius 2 is 0.616 bits per heavy atom. The molecule has 86 heavy (non-hydrogen) atoms. The molecule has 4 nitrogen and oxygen atoms in total. The molecule has 398 valence electrons. The van der Waals surface area contributed by atoms with E-state index in [0.29, 0.717) is 28.1 Å². The summed E-state index contributed by atoms with van der Waals surface area (Å²) in [7, 11) is 0. The van der Waals surface area contributed by atoms with Crippen LogP contribution in [0.25, 0.3) is 162 Å². The van der Waals surface area contributed by atoms with Gasteiger partial charge in [-0.25, -0.2) is 0 Å². The Morgan fingerprint density at radius 3 is 1.05 bits per heavy atom. The number of rotatable bonds is 8. The van der Waals surface area contributed by atoms with Crippen LogP contribution >= 0.6 is 22.7 Å². The summed E-state index contributed by atoms with van der Waals surface area (Å²) in [5.74, 6) is 0. The zero-order valence-electron chi connectivity index (χ0n) is 46.2. The Hall–Kier alpha value is -11.1. The fourth-order valence-corrected chi connectivity index (χ4v) is 16.0. The van der Waals surface area contributed by atoms with Gasteiger partial charge in [0.05, 0.1) is 54.0 Å². The van der Waals surface area contributed by atoms with Gasteiger partial charge in [0.25, 0.3) is 0 Å². The highest BCUT2D eigenvalue weighted by Gasteiger charge is 2.34. The van der Waals surface area contributed by atoms with Gasteiger partial charge in [-0.1, -0.05) is 224 Å². The largest absolute Gasteiger partial charge is 0.307 e. The lowest BCUT2D eigenvalue weighted by atomic mass is 9.84. The van der Waals surface area contributed by atoms with Crippen LogP contribution in [0.5, 0.6) is 0 Å². The molecule has 0 saturated heterocycles. The fourth-order valence-electron chi connectivity index (χ4n) is 13.6. The number of thiophene rings is 2. The summed E-state index contributed by atoms with van der Waals surface area (Å²) in [4.78, 5) is 0. The highest BCUT2D eigenvalue weighted by molar-refractivity contribution is 7.27. The van der Waals surface area contributed by atoms with Crippen LogP contribution in [0.2, 0.25) is 0 Å². The van der Waals surface area contributed by atoms with E-state index in [1.54, 1.807) is 22.7 Å². The lowest BCUT2D eigenvalue weighted by Gasteiger charge is -2.26. The van der Waals surface area contributed by atoms with Crippen molar-refractivity contribution in [2.75, 3.05) is 0 Å². The molecule has 0 fully saturated rings. The van der Waals surface area contributed by atoms with Crippen LogP contribution < -0.4 is 0 Å². The predicted molar refractivity (Wildman–Crippen MR) is 363 cm³/mol. The molecule has 0 aliphatic rings. The van der Waals surface area contributed by atoms with E-state index in [1.165, 1.54) is 20.2 Å². The summed E-state index contributed by atoms with van der Waals surface area (Å²) in [5, 5.41) is 34.0. The number of nitriles is 2. The van der Waals surface area contributed by atoms with Gasteiger partial charge >= 0.3 is 0 Å². The molecule has 4 heterocycles. The lowest BCUT2D eigenvalue weighted by molar-refractivity contribution is 1.13. The lowest BCUT2D eigenvalue weighted by Crippen LogP contribution is -2.11. The predicted octanol–water partition coefficient (Wildman–Crippen LogP) is 22.4. The maximum absolute atomic E-state index is 12.7. The Kier molecular flexibility index (Phi) is 11.4. The minimum Gasteiger partial charge on any atom is -0.307 e. The van der Waals surface area contributed by atoms with Crippen molar-refractivity contribution in [3.63, 3.8) is 0 Å². The average Bonchev–Trinajstić information content (AvgIpc) is 1.52. The third-order valence-electron chi connectivity index (χ3n) is 17.4. The Balaban J connectivity index is 1.14. The maximum atomic E-state index is 12.7. The van der Waals surface area contributed by atoms with Crippen molar-refractivity contribution in [2.45, 2.75) is 0 Å². The molecule has 0 atom stereocenters. The van der Waals surface area contributed by atoms with Crippen molar-refractivity contribution >= 4 is 107 Å². The molecular formula is C80H46N4S2. The smallest absolute Gasteiger partial charge is 0.102 e. The molecule has 0 aliphatic carbocycles. The van der Waals surface area contributed by atoms with Gasteiger partial charge in [-0.2, -0.15) is 10.5 Å². The van der Waals surface area contributed by atoms with Crippen LogP contribution in [-0.4, -0.2) is 9.13 Å². The molecule has 0 spiro atoms. The van der Waals surface area contributed by atoms with Gasteiger partial charge in [-0.3, -0.25) is 0 Å².